The van der Waals surface area contributed by atoms with Crippen LogP contribution in [-0.2, 0) is 10.1 Å². The first-order valence-electron chi connectivity index (χ1n) is 4.16. The molecule has 1 fully saturated rings. The topological polar surface area (TPSA) is 147 Å². The first-order valence-corrected chi connectivity index (χ1v) is 5.66. The molecule has 0 aromatic rings. The smallest absolute Gasteiger partial charge is 0.283 e. The Hall–Kier alpha value is -0.290. The summed E-state index contributed by atoms with van der Waals surface area (Å²) in [6, 6.07) is -1.13. The zero-order valence-corrected chi connectivity index (χ0v) is 8.37. The summed E-state index contributed by atoms with van der Waals surface area (Å²) in [6.07, 6.45) is -5.13. The average molecular weight is 243 g/mol. The molecular formula is C6H13NO7S. The lowest BCUT2D eigenvalue weighted by Crippen LogP contribution is -2.67. The maximum atomic E-state index is 10.8. The highest BCUT2D eigenvalue weighted by atomic mass is 32.2. The molecule has 0 saturated carbocycles. The van der Waals surface area contributed by atoms with E-state index in [1.54, 1.807) is 0 Å². The van der Waals surface area contributed by atoms with Gasteiger partial charge in [0.15, 0.2) is 5.37 Å². The lowest BCUT2D eigenvalue weighted by atomic mass is 9.96. The summed E-state index contributed by atoms with van der Waals surface area (Å²) < 4.78 is 30.2. The average Bonchev–Trinajstić information content (AvgIpc) is 2.13. The van der Waals surface area contributed by atoms with Gasteiger partial charge in [0.25, 0.3) is 10.1 Å². The largest absolute Gasteiger partial charge is 0.395 e. The molecule has 8 nitrogen and oxygen atoms in total. The zero-order chi connectivity index (χ0) is 11.8. The van der Waals surface area contributed by atoms with Gasteiger partial charge >= 0.3 is 0 Å². The van der Waals surface area contributed by atoms with Crippen molar-refractivity contribution in [3.05, 3.63) is 0 Å². The Bertz CT molecular complexity index is 315. The number of piperidine rings is 1. The second-order valence-electron chi connectivity index (χ2n) is 3.36. The van der Waals surface area contributed by atoms with E-state index in [0.717, 1.165) is 0 Å². The van der Waals surface area contributed by atoms with Crippen LogP contribution in [0, 0.1) is 0 Å². The van der Waals surface area contributed by atoms with Gasteiger partial charge in [-0.1, -0.05) is 0 Å². The molecule has 90 valence electrons. The van der Waals surface area contributed by atoms with Gasteiger partial charge in [-0.15, -0.1) is 0 Å². The van der Waals surface area contributed by atoms with Crippen molar-refractivity contribution in [3.63, 3.8) is 0 Å². The van der Waals surface area contributed by atoms with E-state index in [4.69, 9.17) is 9.66 Å². The Kier molecular flexibility index (Phi) is 3.66. The molecule has 0 aromatic heterocycles. The SMILES string of the molecule is O=S(=O)(O)[C@H]1N[C@@H](CO)[C@H](O)[C@H](O)[C@H]1O. The molecule has 1 aliphatic rings. The standard InChI is InChI=1S/C6H13NO7S/c8-1-2-3(9)4(10)5(11)6(7-2)15(12,13)14/h2-11H,1H2,(H,12,13,14)/t2-,3-,4-,5+,6+/m0/s1. The van der Waals surface area contributed by atoms with Crippen molar-refractivity contribution < 1.29 is 33.4 Å². The lowest BCUT2D eigenvalue weighted by Gasteiger charge is -2.39. The fourth-order valence-corrected chi connectivity index (χ4v) is 2.31. The van der Waals surface area contributed by atoms with E-state index in [9.17, 15) is 23.7 Å². The summed E-state index contributed by atoms with van der Waals surface area (Å²) in [5, 5.41) is 36.9. The molecule has 1 heterocycles. The van der Waals surface area contributed by atoms with Crippen LogP contribution >= 0.6 is 0 Å². The summed E-state index contributed by atoms with van der Waals surface area (Å²) in [6.45, 7) is -0.642. The highest BCUT2D eigenvalue weighted by Gasteiger charge is 2.47. The molecule has 1 rings (SSSR count). The number of aliphatic hydroxyl groups is 4. The lowest BCUT2D eigenvalue weighted by molar-refractivity contribution is -0.108. The third kappa shape index (κ3) is 2.45. The van der Waals surface area contributed by atoms with Crippen LogP contribution in [0.15, 0.2) is 0 Å². The van der Waals surface area contributed by atoms with E-state index in [0.29, 0.717) is 0 Å². The predicted octanol–water partition coefficient (Wildman–Crippen LogP) is -3.75. The second kappa shape index (κ2) is 4.29. The van der Waals surface area contributed by atoms with Crippen molar-refractivity contribution in [1.29, 1.82) is 0 Å². The first kappa shape index (κ1) is 12.8. The number of aliphatic hydroxyl groups excluding tert-OH is 4. The Balaban J connectivity index is 2.93. The molecule has 0 unspecified atom stereocenters. The summed E-state index contributed by atoms with van der Waals surface area (Å²) in [4.78, 5) is 0. The van der Waals surface area contributed by atoms with Crippen LogP contribution in [-0.4, -0.2) is 69.7 Å². The molecule has 6 N–H and O–H groups in total. The van der Waals surface area contributed by atoms with Gasteiger partial charge < -0.3 is 20.4 Å². The zero-order valence-electron chi connectivity index (χ0n) is 7.55. The van der Waals surface area contributed by atoms with Gasteiger partial charge in [-0.05, 0) is 0 Å². The molecule has 1 saturated heterocycles. The van der Waals surface area contributed by atoms with Crippen LogP contribution in [0.5, 0.6) is 0 Å². The van der Waals surface area contributed by atoms with Crippen LogP contribution in [0.3, 0.4) is 0 Å². The molecule has 15 heavy (non-hydrogen) atoms. The normalized spacial score (nSPS) is 42.9. The van der Waals surface area contributed by atoms with Crippen molar-refractivity contribution in [1.82, 2.24) is 5.32 Å². The van der Waals surface area contributed by atoms with E-state index in [1.807, 2.05) is 0 Å². The minimum Gasteiger partial charge on any atom is -0.395 e. The molecular weight excluding hydrogens is 230 g/mol. The number of hydrogen-bond acceptors (Lipinski definition) is 7. The third-order valence-corrected chi connectivity index (χ3v) is 3.37. The highest BCUT2D eigenvalue weighted by Crippen LogP contribution is 2.18. The number of rotatable bonds is 2. The fourth-order valence-electron chi connectivity index (χ4n) is 1.45. The van der Waals surface area contributed by atoms with Crippen LogP contribution < -0.4 is 5.32 Å². The molecule has 1 aliphatic heterocycles. The van der Waals surface area contributed by atoms with E-state index in [-0.39, 0.29) is 0 Å². The molecule has 0 bridgehead atoms. The minimum atomic E-state index is -4.62. The van der Waals surface area contributed by atoms with E-state index < -0.39 is 46.5 Å². The Morgan fingerprint density at radius 2 is 1.60 bits per heavy atom. The van der Waals surface area contributed by atoms with Crippen LogP contribution in [0.25, 0.3) is 0 Å². The summed E-state index contributed by atoms with van der Waals surface area (Å²) in [7, 11) is -4.62. The minimum absolute atomic E-state index is 0.642. The molecule has 0 aromatic carbocycles. The van der Waals surface area contributed by atoms with Gasteiger partial charge in [-0.25, -0.2) is 0 Å². The summed E-state index contributed by atoms with van der Waals surface area (Å²) >= 11 is 0. The van der Waals surface area contributed by atoms with Crippen molar-refractivity contribution >= 4 is 10.1 Å². The van der Waals surface area contributed by atoms with Crippen LogP contribution in [0.4, 0.5) is 0 Å². The van der Waals surface area contributed by atoms with Gasteiger partial charge in [-0.3, -0.25) is 9.87 Å². The predicted molar refractivity (Wildman–Crippen MR) is 47.4 cm³/mol. The Labute approximate surface area is 85.9 Å². The maximum absolute atomic E-state index is 10.8. The van der Waals surface area contributed by atoms with E-state index in [2.05, 4.69) is 5.32 Å². The summed E-state index contributed by atoms with van der Waals surface area (Å²) in [5.74, 6) is 0. The van der Waals surface area contributed by atoms with E-state index >= 15 is 0 Å². The van der Waals surface area contributed by atoms with Gasteiger partial charge in [0.2, 0.25) is 0 Å². The molecule has 0 radical (unpaired) electrons. The van der Waals surface area contributed by atoms with E-state index in [1.165, 1.54) is 0 Å². The van der Waals surface area contributed by atoms with Crippen molar-refractivity contribution in [2.24, 2.45) is 0 Å². The molecule has 0 spiro atoms. The van der Waals surface area contributed by atoms with Gasteiger partial charge in [0.1, 0.15) is 18.3 Å². The first-order chi connectivity index (χ1) is 6.79. The molecule has 5 atom stereocenters. The Morgan fingerprint density at radius 1 is 1.07 bits per heavy atom. The Morgan fingerprint density at radius 3 is 2.00 bits per heavy atom. The quantitative estimate of drug-likeness (QED) is 0.271. The molecule has 0 amide bonds. The molecule has 0 aliphatic carbocycles. The van der Waals surface area contributed by atoms with Gasteiger partial charge in [-0.2, -0.15) is 8.42 Å². The molecule has 9 heteroatoms. The summed E-state index contributed by atoms with van der Waals surface area (Å²) in [5.41, 5.74) is 0. The third-order valence-electron chi connectivity index (χ3n) is 2.32. The van der Waals surface area contributed by atoms with Crippen LogP contribution in [0.1, 0.15) is 0 Å². The van der Waals surface area contributed by atoms with Gasteiger partial charge in [0.05, 0.1) is 12.6 Å². The van der Waals surface area contributed by atoms with Crippen LogP contribution in [0.2, 0.25) is 0 Å². The van der Waals surface area contributed by atoms with Gasteiger partial charge in [0, 0.05) is 0 Å². The van der Waals surface area contributed by atoms with Crippen molar-refractivity contribution in [3.8, 4) is 0 Å². The second-order valence-corrected chi connectivity index (χ2v) is 4.90. The fraction of sp³-hybridized carbons (Fsp3) is 1.00. The van der Waals surface area contributed by atoms with Crippen molar-refractivity contribution in [2.45, 2.75) is 29.7 Å². The number of hydrogen-bond donors (Lipinski definition) is 6. The monoisotopic (exact) mass is 243 g/mol. The number of nitrogens with one attached hydrogen (secondary N) is 1. The maximum Gasteiger partial charge on any atom is 0.283 e. The highest BCUT2D eigenvalue weighted by molar-refractivity contribution is 7.86. The van der Waals surface area contributed by atoms with Crippen molar-refractivity contribution in [2.75, 3.05) is 6.61 Å².